The number of hydrogen-bond donors (Lipinski definition) is 2. The Morgan fingerprint density at radius 1 is 1.25 bits per heavy atom. The van der Waals surface area contributed by atoms with E-state index in [1.54, 1.807) is 31.2 Å². The molecule has 20 heavy (non-hydrogen) atoms. The summed E-state index contributed by atoms with van der Waals surface area (Å²) in [4.78, 5) is 27.0. The number of anilines is 1. The molecule has 0 fully saturated rings. The summed E-state index contributed by atoms with van der Waals surface area (Å²) in [5, 5.41) is 11.7. The number of hydrogen-bond acceptors (Lipinski definition) is 3. The van der Waals surface area contributed by atoms with E-state index in [0.717, 1.165) is 0 Å². The van der Waals surface area contributed by atoms with E-state index in [9.17, 15) is 9.59 Å². The van der Waals surface area contributed by atoms with E-state index in [4.69, 9.17) is 5.11 Å². The number of benzene rings is 1. The van der Waals surface area contributed by atoms with Crippen molar-refractivity contribution >= 4 is 33.5 Å². The van der Waals surface area contributed by atoms with Gasteiger partial charge >= 0.3 is 5.97 Å². The number of aromatic nitrogens is 1. The van der Waals surface area contributed by atoms with Crippen molar-refractivity contribution in [3.8, 4) is 0 Å². The van der Waals surface area contributed by atoms with Gasteiger partial charge < -0.3 is 10.4 Å². The summed E-state index contributed by atoms with van der Waals surface area (Å²) in [5.74, 6) is -1.35. The molecule has 0 unspecified atom stereocenters. The van der Waals surface area contributed by atoms with Crippen molar-refractivity contribution in [3.63, 3.8) is 0 Å². The highest BCUT2D eigenvalue weighted by molar-refractivity contribution is 9.10. The van der Waals surface area contributed by atoms with Crippen LogP contribution in [0.15, 0.2) is 41.1 Å². The number of carbonyl (C=O) groups is 2. The Kier molecular flexibility index (Phi) is 4.14. The molecule has 0 aliphatic rings. The largest absolute Gasteiger partial charge is 0.478 e. The van der Waals surface area contributed by atoms with Crippen LogP contribution in [0.1, 0.15) is 26.3 Å². The standard InChI is InChI=1S/C14H11BrN2O3/c1-8-2-3-10(7-11(8)14(19)20)17-13(18)9-4-5-16-12(15)6-9/h2-7H,1H3,(H,17,18)(H,19,20). The van der Waals surface area contributed by atoms with Crippen LogP contribution in [-0.2, 0) is 0 Å². The smallest absolute Gasteiger partial charge is 0.336 e. The van der Waals surface area contributed by atoms with Gasteiger partial charge in [0, 0.05) is 17.4 Å². The maximum absolute atomic E-state index is 12.0. The van der Waals surface area contributed by atoms with Gasteiger partial charge in [0.1, 0.15) is 4.60 Å². The molecule has 1 aromatic carbocycles. The van der Waals surface area contributed by atoms with E-state index in [1.807, 2.05) is 0 Å². The molecule has 2 rings (SSSR count). The lowest BCUT2D eigenvalue weighted by molar-refractivity contribution is 0.0695. The number of nitrogens with zero attached hydrogens (tertiary/aromatic N) is 1. The Hall–Kier alpha value is -2.21. The van der Waals surface area contributed by atoms with E-state index in [1.165, 1.54) is 12.3 Å². The van der Waals surface area contributed by atoms with Crippen molar-refractivity contribution in [1.82, 2.24) is 4.98 Å². The third kappa shape index (κ3) is 3.21. The summed E-state index contributed by atoms with van der Waals surface area (Å²) in [6.07, 6.45) is 1.51. The van der Waals surface area contributed by atoms with Crippen LogP contribution < -0.4 is 5.32 Å². The fourth-order valence-corrected chi connectivity index (χ4v) is 2.04. The molecule has 0 bridgehead atoms. The van der Waals surface area contributed by atoms with Crippen molar-refractivity contribution in [2.45, 2.75) is 6.92 Å². The van der Waals surface area contributed by atoms with Crippen LogP contribution in [-0.4, -0.2) is 22.0 Å². The Morgan fingerprint density at radius 3 is 2.65 bits per heavy atom. The fraction of sp³-hybridized carbons (Fsp3) is 0.0714. The van der Waals surface area contributed by atoms with Gasteiger partial charge in [0.15, 0.2) is 0 Å². The van der Waals surface area contributed by atoms with Gasteiger partial charge in [0.25, 0.3) is 5.91 Å². The van der Waals surface area contributed by atoms with E-state index in [2.05, 4.69) is 26.2 Å². The van der Waals surface area contributed by atoms with Crippen LogP contribution in [0.2, 0.25) is 0 Å². The lowest BCUT2D eigenvalue weighted by atomic mass is 10.1. The second kappa shape index (κ2) is 5.83. The van der Waals surface area contributed by atoms with Gasteiger partial charge in [0.05, 0.1) is 5.56 Å². The quantitative estimate of drug-likeness (QED) is 0.845. The first kappa shape index (κ1) is 14.2. The lowest BCUT2D eigenvalue weighted by Crippen LogP contribution is -2.13. The predicted octanol–water partition coefficient (Wildman–Crippen LogP) is 3.10. The molecule has 0 saturated carbocycles. The first-order valence-electron chi connectivity index (χ1n) is 5.74. The SMILES string of the molecule is Cc1ccc(NC(=O)c2ccnc(Br)c2)cc1C(=O)O. The molecule has 0 saturated heterocycles. The molecule has 0 radical (unpaired) electrons. The zero-order valence-corrected chi connectivity index (χ0v) is 12.1. The van der Waals surface area contributed by atoms with Gasteiger partial charge in [-0.05, 0) is 52.7 Å². The Balaban J connectivity index is 2.24. The Bertz CT molecular complexity index is 686. The van der Waals surface area contributed by atoms with Crippen LogP contribution >= 0.6 is 15.9 Å². The number of nitrogens with one attached hydrogen (secondary N) is 1. The maximum atomic E-state index is 12.0. The minimum atomic E-state index is -1.02. The molecule has 0 spiro atoms. The van der Waals surface area contributed by atoms with Crippen LogP contribution in [0.25, 0.3) is 0 Å². The molecule has 0 aliphatic carbocycles. The highest BCUT2D eigenvalue weighted by Crippen LogP contribution is 2.17. The summed E-state index contributed by atoms with van der Waals surface area (Å²) >= 11 is 3.19. The summed E-state index contributed by atoms with van der Waals surface area (Å²) in [6, 6.07) is 7.91. The first-order valence-corrected chi connectivity index (χ1v) is 6.53. The topological polar surface area (TPSA) is 79.3 Å². The monoisotopic (exact) mass is 334 g/mol. The molecule has 2 aromatic rings. The minimum Gasteiger partial charge on any atom is -0.478 e. The molecule has 102 valence electrons. The van der Waals surface area contributed by atoms with Crippen LogP contribution in [0.4, 0.5) is 5.69 Å². The molecule has 1 aromatic heterocycles. The number of aromatic carboxylic acids is 1. The van der Waals surface area contributed by atoms with Crippen molar-refractivity contribution in [1.29, 1.82) is 0 Å². The number of rotatable bonds is 3. The maximum Gasteiger partial charge on any atom is 0.336 e. The predicted molar refractivity (Wildman–Crippen MR) is 78.0 cm³/mol. The number of carboxylic acids is 1. The third-order valence-corrected chi connectivity index (χ3v) is 3.15. The average Bonchev–Trinajstić information content (AvgIpc) is 2.40. The molecule has 1 amide bonds. The van der Waals surface area contributed by atoms with Crippen molar-refractivity contribution in [2.75, 3.05) is 5.32 Å². The Labute approximate surface area is 123 Å². The number of aryl methyl sites for hydroxylation is 1. The van der Waals surface area contributed by atoms with Gasteiger partial charge in [0.2, 0.25) is 0 Å². The van der Waals surface area contributed by atoms with Crippen LogP contribution in [0.5, 0.6) is 0 Å². The number of halogens is 1. The minimum absolute atomic E-state index is 0.165. The summed E-state index contributed by atoms with van der Waals surface area (Å²) in [7, 11) is 0. The Morgan fingerprint density at radius 2 is 2.00 bits per heavy atom. The molecular weight excluding hydrogens is 324 g/mol. The normalized spacial score (nSPS) is 10.1. The second-order valence-corrected chi connectivity index (χ2v) is 4.97. The number of carboxylic acid groups (broad SMARTS) is 1. The number of pyridine rings is 1. The van der Waals surface area contributed by atoms with Gasteiger partial charge in [-0.2, -0.15) is 0 Å². The summed E-state index contributed by atoms with van der Waals surface area (Å²) < 4.78 is 0.556. The zero-order chi connectivity index (χ0) is 14.7. The molecule has 0 atom stereocenters. The van der Waals surface area contributed by atoms with Crippen molar-refractivity contribution < 1.29 is 14.7 Å². The molecule has 5 nitrogen and oxygen atoms in total. The van der Waals surface area contributed by atoms with Gasteiger partial charge in [-0.25, -0.2) is 9.78 Å². The average molecular weight is 335 g/mol. The van der Waals surface area contributed by atoms with E-state index in [-0.39, 0.29) is 11.5 Å². The highest BCUT2D eigenvalue weighted by atomic mass is 79.9. The van der Waals surface area contributed by atoms with Gasteiger partial charge in [-0.1, -0.05) is 6.07 Å². The highest BCUT2D eigenvalue weighted by Gasteiger charge is 2.11. The summed E-state index contributed by atoms with van der Waals surface area (Å²) in [6.45, 7) is 1.70. The molecular formula is C14H11BrN2O3. The third-order valence-electron chi connectivity index (χ3n) is 2.71. The van der Waals surface area contributed by atoms with Crippen molar-refractivity contribution in [3.05, 3.63) is 57.8 Å². The lowest BCUT2D eigenvalue weighted by Gasteiger charge is -2.08. The van der Waals surface area contributed by atoms with Crippen LogP contribution in [0.3, 0.4) is 0 Å². The number of amides is 1. The molecule has 0 aliphatic heterocycles. The van der Waals surface area contributed by atoms with Crippen LogP contribution in [0, 0.1) is 6.92 Å². The van der Waals surface area contributed by atoms with Crippen molar-refractivity contribution in [2.24, 2.45) is 0 Å². The molecule has 2 N–H and O–H groups in total. The van der Waals surface area contributed by atoms with Gasteiger partial charge in [-0.15, -0.1) is 0 Å². The summed E-state index contributed by atoms with van der Waals surface area (Å²) in [5.41, 5.74) is 1.68. The van der Waals surface area contributed by atoms with E-state index >= 15 is 0 Å². The zero-order valence-electron chi connectivity index (χ0n) is 10.6. The van der Waals surface area contributed by atoms with E-state index < -0.39 is 5.97 Å². The van der Waals surface area contributed by atoms with E-state index in [0.29, 0.717) is 21.4 Å². The second-order valence-electron chi connectivity index (χ2n) is 4.16. The fourth-order valence-electron chi connectivity index (χ4n) is 1.68. The number of carbonyl (C=O) groups excluding carboxylic acids is 1. The van der Waals surface area contributed by atoms with Gasteiger partial charge in [-0.3, -0.25) is 4.79 Å². The molecule has 6 heteroatoms. The molecule has 1 heterocycles. The first-order chi connectivity index (χ1) is 9.47.